The number of halogens is 1. The number of imidazole rings is 1. The van der Waals surface area contributed by atoms with Crippen LogP contribution in [-0.2, 0) is 7.05 Å². The molecule has 1 N–H and O–H groups in total. The first-order chi connectivity index (χ1) is 15.6. The van der Waals surface area contributed by atoms with E-state index in [9.17, 15) is 0 Å². The molecule has 0 saturated carbocycles. The molecule has 0 radical (unpaired) electrons. The molecule has 166 valence electrons. The molecule has 1 aromatic carbocycles. The fourth-order valence-electron chi connectivity index (χ4n) is 4.99. The van der Waals surface area contributed by atoms with Gasteiger partial charge in [-0.3, -0.25) is 9.88 Å². The lowest BCUT2D eigenvalue weighted by Gasteiger charge is -2.38. The lowest BCUT2D eigenvalue weighted by Crippen LogP contribution is -2.46. The van der Waals surface area contributed by atoms with Gasteiger partial charge >= 0.3 is 0 Å². The number of aryl methyl sites for hydroxylation is 1. The molecule has 0 bridgehead atoms. The largest absolute Gasteiger partial charge is 0.336 e. The van der Waals surface area contributed by atoms with Gasteiger partial charge in [0.05, 0.1) is 36.0 Å². The minimum atomic E-state index is -0.0287. The van der Waals surface area contributed by atoms with Crippen LogP contribution in [0, 0.1) is 0 Å². The summed E-state index contributed by atoms with van der Waals surface area (Å²) in [4.78, 5) is 14.2. The fourth-order valence-corrected chi connectivity index (χ4v) is 5.16. The van der Waals surface area contributed by atoms with Gasteiger partial charge < -0.3 is 14.8 Å². The van der Waals surface area contributed by atoms with Crippen LogP contribution >= 0.6 is 11.6 Å². The minimum absolute atomic E-state index is 0.0287. The maximum absolute atomic E-state index is 6.56. The second kappa shape index (κ2) is 8.79. The summed E-state index contributed by atoms with van der Waals surface area (Å²) >= 11 is 6.56. The highest BCUT2D eigenvalue weighted by atomic mass is 35.5. The van der Waals surface area contributed by atoms with Crippen LogP contribution in [0.4, 0.5) is 0 Å². The van der Waals surface area contributed by atoms with E-state index >= 15 is 0 Å². The van der Waals surface area contributed by atoms with Crippen molar-refractivity contribution < 1.29 is 0 Å². The van der Waals surface area contributed by atoms with Crippen molar-refractivity contribution in [1.82, 2.24) is 29.7 Å². The summed E-state index contributed by atoms with van der Waals surface area (Å²) in [6.45, 7) is 4.11. The molecule has 0 unspecified atom stereocenters. The molecule has 6 nitrogen and oxygen atoms in total. The van der Waals surface area contributed by atoms with Gasteiger partial charge in [-0.15, -0.1) is 0 Å². The van der Waals surface area contributed by atoms with Crippen molar-refractivity contribution in [2.24, 2.45) is 7.05 Å². The van der Waals surface area contributed by atoms with Crippen LogP contribution in [0.15, 0.2) is 49.1 Å². The molecule has 1 saturated heterocycles. The van der Waals surface area contributed by atoms with Crippen molar-refractivity contribution in [3.63, 3.8) is 0 Å². The number of aromatic nitrogens is 3. The molecular weight excluding hydrogens is 420 g/mol. The number of piperazine rings is 1. The van der Waals surface area contributed by atoms with Crippen LogP contribution in [0.3, 0.4) is 0 Å². The molecule has 1 fully saturated rings. The number of benzene rings is 1. The van der Waals surface area contributed by atoms with Gasteiger partial charge in [-0.1, -0.05) is 23.7 Å². The van der Waals surface area contributed by atoms with Crippen molar-refractivity contribution in [2.75, 3.05) is 40.3 Å². The van der Waals surface area contributed by atoms with Crippen molar-refractivity contribution in [3.8, 4) is 0 Å². The normalized spacial score (nSPS) is 20.2. The number of pyridine rings is 1. The number of nitrogens with one attached hydrogen (secondary N) is 1. The van der Waals surface area contributed by atoms with Gasteiger partial charge in [0.25, 0.3) is 0 Å². The third-order valence-electron chi connectivity index (χ3n) is 6.71. The second-order valence-electron chi connectivity index (χ2n) is 8.70. The highest BCUT2D eigenvalue weighted by Gasteiger charge is 2.34. The van der Waals surface area contributed by atoms with Gasteiger partial charge in [-0.2, -0.15) is 0 Å². The van der Waals surface area contributed by atoms with Crippen molar-refractivity contribution in [1.29, 1.82) is 0 Å². The van der Waals surface area contributed by atoms with E-state index in [1.54, 1.807) is 0 Å². The van der Waals surface area contributed by atoms with Gasteiger partial charge in [0.2, 0.25) is 0 Å². The Morgan fingerprint density at radius 1 is 1.12 bits per heavy atom. The van der Waals surface area contributed by atoms with E-state index in [0.29, 0.717) is 0 Å². The van der Waals surface area contributed by atoms with Gasteiger partial charge in [-0.05, 0) is 60.6 Å². The quantitative estimate of drug-likeness (QED) is 0.660. The smallest absolute Gasteiger partial charge is 0.0946 e. The minimum Gasteiger partial charge on any atom is -0.336 e. The first-order valence-corrected chi connectivity index (χ1v) is 11.5. The fraction of sp³-hybridized carbons (Fsp3) is 0.360. The van der Waals surface area contributed by atoms with Gasteiger partial charge in [0.1, 0.15) is 0 Å². The zero-order valence-corrected chi connectivity index (χ0v) is 19.5. The summed E-state index contributed by atoms with van der Waals surface area (Å²) in [5.74, 6) is 0. The summed E-state index contributed by atoms with van der Waals surface area (Å²) in [6, 6.07) is 10.6. The van der Waals surface area contributed by atoms with E-state index in [2.05, 4.69) is 56.0 Å². The number of fused-ring (bicyclic) bond motifs is 2. The summed E-state index contributed by atoms with van der Waals surface area (Å²) in [5.41, 5.74) is 6.97. The van der Waals surface area contributed by atoms with E-state index in [-0.39, 0.29) is 12.1 Å². The maximum Gasteiger partial charge on any atom is 0.0946 e. The van der Waals surface area contributed by atoms with E-state index in [1.807, 2.05) is 44.9 Å². The average molecular weight is 449 g/mol. The number of likely N-dealkylation sites (N-methyl/N-ethyl adjacent to an activating group) is 2. The Kier molecular flexibility index (Phi) is 5.86. The molecule has 2 aromatic heterocycles. The Labute approximate surface area is 194 Å². The molecule has 7 heteroatoms. The van der Waals surface area contributed by atoms with E-state index in [4.69, 9.17) is 16.6 Å². The number of hydrogen-bond donors (Lipinski definition) is 1. The molecule has 0 spiro atoms. The second-order valence-corrected chi connectivity index (χ2v) is 9.14. The molecule has 2 aliphatic rings. The topological polar surface area (TPSA) is 49.2 Å². The van der Waals surface area contributed by atoms with Crippen LogP contribution in [-0.4, -0.2) is 64.6 Å². The summed E-state index contributed by atoms with van der Waals surface area (Å²) in [5, 5.41) is 4.26. The van der Waals surface area contributed by atoms with Crippen molar-refractivity contribution in [3.05, 3.63) is 82.2 Å². The Bertz CT molecular complexity index is 1140. The van der Waals surface area contributed by atoms with Gasteiger partial charge in [0.15, 0.2) is 0 Å². The molecule has 3 aromatic rings. The first kappa shape index (κ1) is 21.3. The lowest BCUT2D eigenvalue weighted by molar-refractivity contribution is 0.125. The zero-order chi connectivity index (χ0) is 22.2. The first-order valence-electron chi connectivity index (χ1n) is 11.1. The highest BCUT2D eigenvalue weighted by molar-refractivity contribution is 6.30. The van der Waals surface area contributed by atoms with Gasteiger partial charge in [0, 0.05) is 44.4 Å². The molecule has 5 rings (SSSR count). The Hall–Kier alpha value is -2.51. The third kappa shape index (κ3) is 3.77. The Morgan fingerprint density at radius 2 is 1.94 bits per heavy atom. The van der Waals surface area contributed by atoms with Crippen molar-refractivity contribution in [2.45, 2.75) is 12.1 Å². The molecular formula is C25H29ClN6. The third-order valence-corrected chi connectivity index (χ3v) is 6.95. The SMILES string of the molecule is CN[C@H](C1=Cc2cccnc2[C@@H](N2CCN(C)CC2)c2ccc(Cl)cc21)c1cncn1C. The van der Waals surface area contributed by atoms with E-state index < -0.39 is 0 Å². The maximum atomic E-state index is 6.56. The number of hydrogen-bond acceptors (Lipinski definition) is 5. The Morgan fingerprint density at radius 3 is 2.66 bits per heavy atom. The number of nitrogens with zero attached hydrogens (tertiary/aromatic N) is 5. The van der Waals surface area contributed by atoms with E-state index in [1.165, 1.54) is 16.7 Å². The summed E-state index contributed by atoms with van der Waals surface area (Å²) < 4.78 is 2.07. The predicted octanol–water partition coefficient (Wildman–Crippen LogP) is 3.62. The molecule has 1 aliphatic carbocycles. The summed E-state index contributed by atoms with van der Waals surface area (Å²) in [6.07, 6.45) is 7.96. The van der Waals surface area contributed by atoms with Crippen LogP contribution in [0.1, 0.15) is 40.2 Å². The lowest BCUT2D eigenvalue weighted by atomic mass is 9.90. The predicted molar refractivity (Wildman–Crippen MR) is 129 cm³/mol. The molecule has 1 aliphatic heterocycles. The molecule has 32 heavy (non-hydrogen) atoms. The molecule has 3 heterocycles. The molecule has 0 amide bonds. The standard InChI is InChI=1S/C25H29ClN6/c1-27-24(22-15-28-16-31(22)3)21-13-17-5-4-8-29-23(17)25(32-11-9-30(2)10-12-32)19-7-6-18(26)14-20(19)21/h4-8,13-16,24-25,27H,9-12H2,1-3H3/t24-,25+/m1/s1. The molecule has 2 atom stereocenters. The summed E-state index contributed by atoms with van der Waals surface area (Å²) in [7, 11) is 6.22. The Balaban J connectivity index is 1.72. The van der Waals surface area contributed by atoms with Crippen LogP contribution in [0.5, 0.6) is 0 Å². The van der Waals surface area contributed by atoms with Crippen LogP contribution in [0.2, 0.25) is 5.02 Å². The van der Waals surface area contributed by atoms with Crippen molar-refractivity contribution >= 4 is 23.3 Å². The monoisotopic (exact) mass is 448 g/mol. The van der Waals surface area contributed by atoms with Gasteiger partial charge in [-0.25, -0.2) is 4.98 Å². The van der Waals surface area contributed by atoms with Crippen LogP contribution in [0.25, 0.3) is 11.6 Å². The average Bonchev–Trinajstić information content (AvgIpc) is 3.16. The van der Waals surface area contributed by atoms with Crippen LogP contribution < -0.4 is 5.32 Å². The number of rotatable bonds is 4. The highest BCUT2D eigenvalue weighted by Crippen LogP contribution is 2.44. The van der Waals surface area contributed by atoms with E-state index in [0.717, 1.165) is 48.2 Å². The zero-order valence-electron chi connectivity index (χ0n) is 18.8.